The summed E-state index contributed by atoms with van der Waals surface area (Å²) in [5.74, 6) is -0.00420. The number of ketones is 1. The molecule has 0 aliphatic heterocycles. The topological polar surface area (TPSA) is 75.6 Å². The number of hydrogen-bond donors (Lipinski definition) is 2. The van der Waals surface area contributed by atoms with E-state index < -0.39 is 6.10 Å². The number of benzene rings is 1. The summed E-state index contributed by atoms with van der Waals surface area (Å²) in [5, 5.41) is 14.9. The largest absolute Gasteiger partial charge is 0.489 e. The van der Waals surface area contributed by atoms with Crippen LogP contribution in [0.5, 0.6) is 5.75 Å². The Kier molecular flexibility index (Phi) is 7.71. The summed E-state index contributed by atoms with van der Waals surface area (Å²) >= 11 is 13.2. The van der Waals surface area contributed by atoms with Crippen molar-refractivity contribution in [2.45, 2.75) is 18.9 Å². The first-order valence-corrected chi connectivity index (χ1v) is 9.19. The Hall–Kier alpha value is -1.60. The van der Waals surface area contributed by atoms with Crippen molar-refractivity contribution in [1.82, 2.24) is 5.32 Å². The number of carbonyl (C=O) groups is 2. The van der Waals surface area contributed by atoms with Crippen molar-refractivity contribution in [3.8, 4) is 5.75 Å². The first-order valence-electron chi connectivity index (χ1n) is 7.55. The minimum absolute atomic E-state index is 0.0181. The lowest BCUT2D eigenvalue weighted by atomic mass is 10.2. The van der Waals surface area contributed by atoms with Gasteiger partial charge in [0, 0.05) is 19.4 Å². The molecule has 25 heavy (non-hydrogen) atoms. The molecule has 0 aliphatic rings. The van der Waals surface area contributed by atoms with E-state index in [4.69, 9.17) is 27.9 Å². The van der Waals surface area contributed by atoms with Gasteiger partial charge in [0.1, 0.15) is 23.5 Å². The number of carbonyl (C=O) groups excluding carboxylic acids is 2. The normalized spacial score (nSPS) is 11.8. The van der Waals surface area contributed by atoms with Crippen LogP contribution in [-0.2, 0) is 4.79 Å². The zero-order valence-corrected chi connectivity index (χ0v) is 15.5. The van der Waals surface area contributed by atoms with E-state index in [1.54, 1.807) is 30.3 Å². The van der Waals surface area contributed by atoms with Crippen LogP contribution in [0.3, 0.4) is 0 Å². The lowest BCUT2D eigenvalue weighted by Gasteiger charge is -2.14. The third kappa shape index (κ3) is 6.32. The van der Waals surface area contributed by atoms with Crippen molar-refractivity contribution >= 4 is 46.2 Å². The molecule has 1 amide bonds. The first kappa shape index (κ1) is 19.7. The molecule has 1 aromatic heterocycles. The van der Waals surface area contributed by atoms with Gasteiger partial charge in [-0.05, 0) is 23.6 Å². The van der Waals surface area contributed by atoms with Gasteiger partial charge in [0.05, 0.1) is 9.90 Å². The van der Waals surface area contributed by atoms with E-state index in [1.165, 1.54) is 11.3 Å². The summed E-state index contributed by atoms with van der Waals surface area (Å²) in [6.07, 6.45) is -0.700. The van der Waals surface area contributed by atoms with E-state index in [2.05, 4.69) is 5.32 Å². The zero-order chi connectivity index (χ0) is 18.2. The quantitative estimate of drug-likeness (QED) is 0.629. The van der Waals surface area contributed by atoms with Crippen LogP contribution in [0.1, 0.15) is 22.5 Å². The molecule has 5 nitrogen and oxygen atoms in total. The highest BCUT2D eigenvalue weighted by Gasteiger charge is 2.13. The minimum atomic E-state index is -0.910. The molecule has 1 unspecified atom stereocenters. The standard InChI is InChI=1S/C17H17Cl2NO4S/c18-12-3-1-4-14(17(12)19)24-10-11(21)9-20-16(23)7-6-13(22)15-5-2-8-25-15/h1-5,8,11,21H,6-7,9-10H2,(H,20,23). The summed E-state index contributed by atoms with van der Waals surface area (Å²) < 4.78 is 5.39. The van der Waals surface area contributed by atoms with Gasteiger partial charge < -0.3 is 15.2 Å². The van der Waals surface area contributed by atoms with E-state index in [1.807, 2.05) is 5.38 Å². The van der Waals surface area contributed by atoms with Crippen LogP contribution in [0.2, 0.25) is 10.0 Å². The Morgan fingerprint density at radius 2 is 2.00 bits per heavy atom. The molecule has 0 fully saturated rings. The number of hydrogen-bond acceptors (Lipinski definition) is 5. The van der Waals surface area contributed by atoms with Crippen LogP contribution in [-0.4, -0.2) is 36.1 Å². The number of rotatable bonds is 9. The third-order valence-corrected chi connectivity index (χ3v) is 4.97. The molecule has 1 heterocycles. The molecule has 134 valence electrons. The molecule has 0 bridgehead atoms. The molecule has 2 rings (SSSR count). The number of aliphatic hydroxyl groups is 1. The monoisotopic (exact) mass is 401 g/mol. The third-order valence-electron chi connectivity index (χ3n) is 3.26. The predicted molar refractivity (Wildman–Crippen MR) is 98.9 cm³/mol. The predicted octanol–water partition coefficient (Wildman–Crippen LogP) is 3.57. The molecule has 2 N–H and O–H groups in total. The van der Waals surface area contributed by atoms with Gasteiger partial charge in [0.25, 0.3) is 0 Å². The molecule has 0 aliphatic carbocycles. The number of amides is 1. The lowest BCUT2D eigenvalue weighted by Crippen LogP contribution is -2.35. The second-order valence-corrected chi connectivity index (χ2v) is 6.95. The number of halogens is 2. The van der Waals surface area contributed by atoms with E-state index in [0.29, 0.717) is 15.6 Å². The van der Waals surface area contributed by atoms with Gasteiger partial charge in [-0.2, -0.15) is 0 Å². The number of ether oxygens (including phenoxy) is 1. The smallest absolute Gasteiger partial charge is 0.220 e. The number of aliphatic hydroxyl groups excluding tert-OH is 1. The van der Waals surface area contributed by atoms with Crippen molar-refractivity contribution in [2.75, 3.05) is 13.2 Å². The summed E-state index contributed by atoms with van der Waals surface area (Å²) in [6.45, 7) is -0.0291. The van der Waals surface area contributed by atoms with Gasteiger partial charge in [-0.3, -0.25) is 9.59 Å². The molecular formula is C17H17Cl2NO4S. The Labute approximate surface area is 159 Å². The molecule has 0 saturated heterocycles. The average Bonchev–Trinajstić information content (AvgIpc) is 3.13. The summed E-state index contributed by atoms with van der Waals surface area (Å²) in [5.41, 5.74) is 0. The highest BCUT2D eigenvalue weighted by molar-refractivity contribution is 7.12. The minimum Gasteiger partial charge on any atom is -0.489 e. The number of Topliss-reactive ketones (excluding diaryl/α,β-unsaturated/α-hetero) is 1. The van der Waals surface area contributed by atoms with E-state index in [9.17, 15) is 14.7 Å². The fourth-order valence-corrected chi connectivity index (χ4v) is 2.99. The van der Waals surface area contributed by atoms with Gasteiger partial charge in [-0.15, -0.1) is 11.3 Å². The van der Waals surface area contributed by atoms with Crippen LogP contribution in [0, 0.1) is 0 Å². The zero-order valence-electron chi connectivity index (χ0n) is 13.2. The van der Waals surface area contributed by atoms with Crippen molar-refractivity contribution in [2.24, 2.45) is 0 Å². The van der Waals surface area contributed by atoms with E-state index in [-0.39, 0.29) is 42.7 Å². The molecule has 1 atom stereocenters. The Bertz CT molecular complexity index is 721. The van der Waals surface area contributed by atoms with Gasteiger partial charge in [-0.25, -0.2) is 0 Å². The molecule has 0 spiro atoms. The fourth-order valence-electron chi connectivity index (χ4n) is 1.95. The van der Waals surface area contributed by atoms with Crippen LogP contribution >= 0.6 is 34.5 Å². The summed E-state index contributed by atoms with van der Waals surface area (Å²) in [7, 11) is 0. The summed E-state index contributed by atoms with van der Waals surface area (Å²) in [4.78, 5) is 24.2. The second-order valence-electron chi connectivity index (χ2n) is 5.22. The van der Waals surface area contributed by atoms with Crippen molar-refractivity contribution in [3.05, 3.63) is 50.6 Å². The van der Waals surface area contributed by atoms with Crippen molar-refractivity contribution in [1.29, 1.82) is 0 Å². The van der Waals surface area contributed by atoms with Gasteiger partial charge in [-0.1, -0.05) is 35.3 Å². The molecule has 0 saturated carbocycles. The van der Waals surface area contributed by atoms with Gasteiger partial charge >= 0.3 is 0 Å². The van der Waals surface area contributed by atoms with Gasteiger partial charge in [0.2, 0.25) is 5.91 Å². The SMILES string of the molecule is O=C(CCC(=O)c1cccs1)NCC(O)COc1cccc(Cl)c1Cl. The molecule has 0 radical (unpaired) electrons. The van der Waals surface area contributed by atoms with Crippen molar-refractivity contribution < 1.29 is 19.4 Å². The van der Waals surface area contributed by atoms with Crippen LogP contribution in [0.25, 0.3) is 0 Å². The number of thiophene rings is 1. The van der Waals surface area contributed by atoms with Crippen LogP contribution in [0.4, 0.5) is 0 Å². The van der Waals surface area contributed by atoms with E-state index >= 15 is 0 Å². The molecular weight excluding hydrogens is 385 g/mol. The Balaban J connectivity index is 1.67. The highest BCUT2D eigenvalue weighted by Crippen LogP contribution is 2.31. The van der Waals surface area contributed by atoms with E-state index in [0.717, 1.165) is 0 Å². The fraction of sp³-hybridized carbons (Fsp3) is 0.294. The van der Waals surface area contributed by atoms with Gasteiger partial charge in [0.15, 0.2) is 5.78 Å². The molecule has 1 aromatic carbocycles. The Morgan fingerprint density at radius 3 is 2.72 bits per heavy atom. The maximum absolute atomic E-state index is 11.8. The van der Waals surface area contributed by atoms with Crippen molar-refractivity contribution in [3.63, 3.8) is 0 Å². The molecule has 8 heteroatoms. The lowest BCUT2D eigenvalue weighted by molar-refractivity contribution is -0.121. The maximum atomic E-state index is 11.8. The Morgan fingerprint density at radius 1 is 1.20 bits per heavy atom. The van der Waals surface area contributed by atoms with Crippen LogP contribution < -0.4 is 10.1 Å². The number of nitrogens with one attached hydrogen (secondary N) is 1. The van der Waals surface area contributed by atoms with Crippen LogP contribution in [0.15, 0.2) is 35.7 Å². The first-order chi connectivity index (χ1) is 12.0. The average molecular weight is 402 g/mol. The highest BCUT2D eigenvalue weighted by atomic mass is 35.5. The second kappa shape index (κ2) is 9.77. The molecule has 2 aromatic rings. The summed E-state index contributed by atoms with van der Waals surface area (Å²) in [6, 6.07) is 8.47. The maximum Gasteiger partial charge on any atom is 0.220 e.